The molecule has 0 radical (unpaired) electrons. The van der Waals surface area contributed by atoms with Crippen molar-refractivity contribution in [1.29, 1.82) is 0 Å². The summed E-state index contributed by atoms with van der Waals surface area (Å²) in [6.07, 6.45) is 0.505. The number of aromatic amines is 1. The van der Waals surface area contributed by atoms with Gasteiger partial charge in [0.1, 0.15) is 35.8 Å². The first-order chi connectivity index (χ1) is 17.5. The lowest BCUT2D eigenvalue weighted by molar-refractivity contribution is 0.00706. The number of anilines is 1. The van der Waals surface area contributed by atoms with Crippen LogP contribution >= 0.6 is 11.6 Å². The summed E-state index contributed by atoms with van der Waals surface area (Å²) in [6, 6.07) is 4.46. The van der Waals surface area contributed by atoms with Gasteiger partial charge < -0.3 is 34.4 Å². The van der Waals surface area contributed by atoms with E-state index in [2.05, 4.69) is 20.3 Å². The van der Waals surface area contributed by atoms with Crippen LogP contribution < -0.4 is 10.1 Å². The zero-order valence-electron chi connectivity index (χ0n) is 19.0. The average molecular weight is 521 g/mol. The van der Waals surface area contributed by atoms with Crippen molar-refractivity contribution < 1.29 is 32.8 Å². The van der Waals surface area contributed by atoms with Crippen molar-refractivity contribution in [2.45, 2.75) is 37.4 Å². The maximum Gasteiger partial charge on any atom is 0.296 e. The fourth-order valence-corrected chi connectivity index (χ4v) is 4.90. The normalized spacial score (nSPS) is 25.7. The minimum atomic E-state index is -0.682. The van der Waals surface area contributed by atoms with Crippen LogP contribution in [0.3, 0.4) is 0 Å². The van der Waals surface area contributed by atoms with Gasteiger partial charge in [-0.15, -0.1) is 0 Å². The van der Waals surface area contributed by atoms with Crippen molar-refractivity contribution in [3.05, 3.63) is 52.1 Å². The van der Waals surface area contributed by atoms with Crippen molar-refractivity contribution in [2.24, 2.45) is 0 Å². The van der Waals surface area contributed by atoms with E-state index in [0.29, 0.717) is 36.4 Å². The number of pyridine rings is 1. The van der Waals surface area contributed by atoms with Gasteiger partial charge in [0.15, 0.2) is 11.8 Å². The number of nitrogens with zero attached hydrogens (tertiary/aromatic N) is 2. The summed E-state index contributed by atoms with van der Waals surface area (Å²) in [5.41, 5.74) is 2.08. The number of hydrogen-bond acceptors (Lipinski definition) is 8. The van der Waals surface area contributed by atoms with E-state index in [-0.39, 0.29) is 48.3 Å². The fraction of sp³-hybridized carbons (Fsp3) is 0.417. The van der Waals surface area contributed by atoms with Gasteiger partial charge in [-0.3, -0.25) is 0 Å². The van der Waals surface area contributed by atoms with Gasteiger partial charge in [-0.1, -0.05) is 17.7 Å². The molecule has 2 fully saturated rings. The maximum atomic E-state index is 14.8. The Balaban J connectivity index is 1.17. The highest BCUT2D eigenvalue weighted by molar-refractivity contribution is 6.33. The van der Waals surface area contributed by atoms with Crippen LogP contribution in [0.4, 0.5) is 14.6 Å². The van der Waals surface area contributed by atoms with Gasteiger partial charge in [0, 0.05) is 12.1 Å². The number of fused-ring (bicyclic) bond motifs is 2. The van der Waals surface area contributed by atoms with E-state index < -0.39 is 29.9 Å². The van der Waals surface area contributed by atoms with Crippen molar-refractivity contribution in [3.63, 3.8) is 0 Å². The molecular weight excluding hydrogens is 498 g/mol. The summed E-state index contributed by atoms with van der Waals surface area (Å²) >= 11 is 6.36. The lowest BCUT2D eigenvalue weighted by atomic mass is 9.99. The predicted molar refractivity (Wildman–Crippen MR) is 126 cm³/mol. The fourth-order valence-electron chi connectivity index (χ4n) is 4.68. The number of imidazole rings is 1. The molecule has 2 aromatic heterocycles. The second kappa shape index (κ2) is 9.56. The van der Waals surface area contributed by atoms with Crippen LogP contribution in [0.5, 0.6) is 6.01 Å². The molecule has 0 saturated carbocycles. The Morgan fingerprint density at radius 1 is 1.14 bits per heavy atom. The molecule has 190 valence electrons. The molecule has 3 N–H and O–H groups in total. The smallest absolute Gasteiger partial charge is 0.296 e. The standard InChI is InChI=1S/C24H23ClF2N4O5/c25-14-7-17-23(31-24(29-17)36-19-10-35-20-18(32)9-34-21(19)20)30-22(14)28-8-13-15(26)5-12(6-16(13)27)11-1-3-33-4-2-11/h1,5-7,18-21,32H,2-4,8-10H2,(H2,28,29,30,31)/t18-,19-,20-,21-/m1/s1. The number of aromatic nitrogens is 3. The number of hydrogen-bond donors (Lipinski definition) is 3. The molecule has 3 aromatic rings. The number of aliphatic hydroxyl groups excluding tert-OH is 1. The summed E-state index contributed by atoms with van der Waals surface area (Å²) in [7, 11) is 0. The zero-order chi connectivity index (χ0) is 24.8. The molecule has 4 atom stereocenters. The molecule has 3 aliphatic heterocycles. The SMILES string of the molecule is O[C@@H]1CO[C@H]2[C@@H]1OC[C@H]2Oc1nc2nc(NCc3c(F)cc(C4=CCOCC4)cc3F)c(Cl)cc2[nH]1. The minimum absolute atomic E-state index is 0.120. The van der Waals surface area contributed by atoms with Gasteiger partial charge >= 0.3 is 0 Å². The molecule has 12 heteroatoms. The van der Waals surface area contributed by atoms with Gasteiger partial charge in [-0.2, -0.15) is 4.98 Å². The summed E-state index contributed by atoms with van der Waals surface area (Å²) in [6.45, 7) is 1.25. The third-order valence-electron chi connectivity index (χ3n) is 6.56. The first kappa shape index (κ1) is 23.6. The molecule has 1 aromatic carbocycles. The van der Waals surface area contributed by atoms with Crippen molar-refractivity contribution >= 4 is 34.2 Å². The molecule has 0 aliphatic carbocycles. The molecule has 6 rings (SSSR count). The van der Waals surface area contributed by atoms with Crippen LogP contribution in [0, 0.1) is 11.6 Å². The van der Waals surface area contributed by atoms with Crippen LogP contribution in [-0.4, -0.2) is 70.9 Å². The van der Waals surface area contributed by atoms with Crippen LogP contribution in [-0.2, 0) is 20.8 Å². The van der Waals surface area contributed by atoms with Crippen LogP contribution in [0.15, 0.2) is 24.3 Å². The Morgan fingerprint density at radius 3 is 2.72 bits per heavy atom. The van der Waals surface area contributed by atoms with E-state index >= 15 is 0 Å². The molecule has 5 heterocycles. The van der Waals surface area contributed by atoms with Gasteiger partial charge in [0.2, 0.25) is 0 Å². The highest BCUT2D eigenvalue weighted by atomic mass is 35.5. The van der Waals surface area contributed by atoms with Crippen molar-refractivity contribution in [3.8, 4) is 6.01 Å². The Hall–Kier alpha value is -2.83. The molecular formula is C24H23ClF2N4O5. The number of benzene rings is 1. The summed E-state index contributed by atoms with van der Waals surface area (Å²) in [5, 5.41) is 13.0. The third-order valence-corrected chi connectivity index (χ3v) is 6.85. The molecule has 0 amide bonds. The molecule has 2 saturated heterocycles. The summed E-state index contributed by atoms with van der Waals surface area (Å²) < 4.78 is 51.8. The average Bonchev–Trinajstić information content (AvgIpc) is 3.55. The molecule has 3 aliphatic rings. The summed E-state index contributed by atoms with van der Waals surface area (Å²) in [4.78, 5) is 11.7. The highest BCUT2D eigenvalue weighted by Gasteiger charge is 2.48. The second-order valence-electron chi connectivity index (χ2n) is 8.88. The topological polar surface area (TPSA) is 111 Å². The monoisotopic (exact) mass is 520 g/mol. The van der Waals surface area contributed by atoms with E-state index in [9.17, 15) is 13.9 Å². The molecule has 36 heavy (non-hydrogen) atoms. The maximum absolute atomic E-state index is 14.8. The Bertz CT molecular complexity index is 1310. The quantitative estimate of drug-likeness (QED) is 0.454. The Kier molecular flexibility index (Phi) is 6.26. The first-order valence-corrected chi connectivity index (χ1v) is 12.0. The van der Waals surface area contributed by atoms with E-state index in [1.54, 1.807) is 6.07 Å². The third kappa shape index (κ3) is 4.41. The van der Waals surface area contributed by atoms with Gasteiger partial charge in [0.25, 0.3) is 6.01 Å². The number of rotatable bonds is 6. The molecule has 9 nitrogen and oxygen atoms in total. The lowest BCUT2D eigenvalue weighted by Crippen LogP contribution is -2.34. The number of H-pyrrole nitrogens is 1. The number of aliphatic hydroxyl groups is 1. The van der Waals surface area contributed by atoms with Crippen LogP contribution in [0.25, 0.3) is 16.7 Å². The largest absolute Gasteiger partial charge is 0.456 e. The predicted octanol–water partition coefficient (Wildman–Crippen LogP) is 3.21. The van der Waals surface area contributed by atoms with Gasteiger partial charge in [-0.05, 0) is 35.8 Å². The summed E-state index contributed by atoms with van der Waals surface area (Å²) in [5.74, 6) is -1.09. The molecule has 0 bridgehead atoms. The first-order valence-electron chi connectivity index (χ1n) is 11.6. The van der Waals surface area contributed by atoms with Gasteiger partial charge in [0.05, 0.1) is 37.0 Å². The number of halogens is 3. The van der Waals surface area contributed by atoms with Gasteiger partial charge in [-0.25, -0.2) is 13.8 Å². The molecule has 0 spiro atoms. The zero-order valence-corrected chi connectivity index (χ0v) is 19.7. The van der Waals surface area contributed by atoms with Crippen LogP contribution in [0.2, 0.25) is 5.02 Å². The van der Waals surface area contributed by atoms with Crippen LogP contribution in [0.1, 0.15) is 17.5 Å². The van der Waals surface area contributed by atoms with E-state index in [1.807, 2.05) is 6.08 Å². The second-order valence-corrected chi connectivity index (χ2v) is 9.28. The Labute approximate surface area is 209 Å². The lowest BCUT2D eigenvalue weighted by Gasteiger charge is -2.15. The highest BCUT2D eigenvalue weighted by Crippen LogP contribution is 2.31. The van der Waals surface area contributed by atoms with E-state index in [1.165, 1.54) is 12.1 Å². The molecule has 0 unspecified atom stereocenters. The van der Waals surface area contributed by atoms with E-state index in [4.69, 9.17) is 30.5 Å². The number of nitrogens with one attached hydrogen (secondary N) is 2. The minimum Gasteiger partial charge on any atom is -0.456 e. The Morgan fingerprint density at radius 2 is 1.94 bits per heavy atom. The van der Waals surface area contributed by atoms with E-state index in [0.717, 1.165) is 5.57 Å². The van der Waals surface area contributed by atoms with Crippen molar-refractivity contribution in [2.75, 3.05) is 31.7 Å². The number of ether oxygens (including phenoxy) is 4. The van der Waals surface area contributed by atoms with Crippen molar-refractivity contribution in [1.82, 2.24) is 15.0 Å².